The molecule has 1 N–H and O–H groups in total. The number of aromatic nitrogens is 1. The molecule has 6 nitrogen and oxygen atoms in total. The minimum Gasteiger partial charge on any atom is -0.450 e. The Morgan fingerprint density at radius 3 is 2.90 bits per heavy atom. The lowest BCUT2D eigenvalue weighted by atomic mass is 10.1. The molecule has 29 heavy (non-hydrogen) atoms. The van der Waals surface area contributed by atoms with Crippen molar-refractivity contribution in [2.24, 2.45) is 0 Å². The summed E-state index contributed by atoms with van der Waals surface area (Å²) in [6.45, 7) is 2.82. The number of hydrogen-bond acceptors (Lipinski definition) is 5. The Morgan fingerprint density at radius 2 is 2.17 bits per heavy atom. The molecule has 0 radical (unpaired) electrons. The molecule has 0 aliphatic carbocycles. The number of likely N-dealkylation sites (tertiary alicyclic amines) is 1. The minimum atomic E-state index is -4.44. The largest absolute Gasteiger partial charge is 0.450 e. The lowest BCUT2D eigenvalue weighted by molar-refractivity contribution is -0.137. The van der Waals surface area contributed by atoms with Gasteiger partial charge in [-0.15, -0.1) is 11.3 Å². The zero-order valence-electron chi connectivity index (χ0n) is 15.7. The van der Waals surface area contributed by atoms with Gasteiger partial charge < -0.3 is 15.0 Å². The average molecular weight is 427 g/mol. The summed E-state index contributed by atoms with van der Waals surface area (Å²) in [5.41, 5.74) is -0.273. The molecule has 0 spiro atoms. The van der Waals surface area contributed by atoms with E-state index in [1.54, 1.807) is 17.2 Å². The molecule has 1 aliphatic heterocycles. The van der Waals surface area contributed by atoms with E-state index >= 15 is 0 Å². The molecular weight excluding hydrogens is 407 g/mol. The molecule has 156 valence electrons. The van der Waals surface area contributed by atoms with Crippen molar-refractivity contribution in [2.45, 2.75) is 32.0 Å². The van der Waals surface area contributed by atoms with Gasteiger partial charge in [-0.25, -0.2) is 9.78 Å². The maximum absolute atomic E-state index is 12.9. The fourth-order valence-electron chi connectivity index (χ4n) is 3.11. The summed E-state index contributed by atoms with van der Waals surface area (Å²) in [6, 6.07) is 4.65. The summed E-state index contributed by atoms with van der Waals surface area (Å²) in [5.74, 6) is -0.310. The molecule has 2 amide bonds. The number of carbonyl (C=O) groups excluding carboxylic acids is 2. The number of ether oxygens (including phenoxy) is 1. The first-order chi connectivity index (χ1) is 13.8. The third kappa shape index (κ3) is 5.26. The normalized spacial score (nSPS) is 17.1. The first-order valence-corrected chi connectivity index (χ1v) is 10.0. The van der Waals surface area contributed by atoms with E-state index in [1.165, 1.54) is 12.1 Å². The van der Waals surface area contributed by atoms with Gasteiger partial charge in [-0.2, -0.15) is 13.2 Å². The van der Waals surface area contributed by atoms with Crippen LogP contribution in [0.1, 0.15) is 35.8 Å². The number of benzene rings is 1. The highest BCUT2D eigenvalue weighted by Gasteiger charge is 2.31. The highest BCUT2D eigenvalue weighted by Crippen LogP contribution is 2.33. The lowest BCUT2D eigenvalue weighted by Gasteiger charge is -2.32. The van der Waals surface area contributed by atoms with Crippen molar-refractivity contribution in [3.05, 3.63) is 40.9 Å². The number of amides is 2. The van der Waals surface area contributed by atoms with E-state index in [2.05, 4.69) is 10.3 Å². The number of alkyl carbamates (subject to hydrolysis) is 1. The molecular formula is C19H20F3N3O3S. The number of thiazole rings is 1. The van der Waals surface area contributed by atoms with Crippen LogP contribution in [-0.2, 0) is 10.9 Å². The van der Waals surface area contributed by atoms with E-state index in [0.717, 1.165) is 29.9 Å². The quantitative estimate of drug-likeness (QED) is 0.795. The second-order valence-corrected chi connectivity index (χ2v) is 7.43. The van der Waals surface area contributed by atoms with Gasteiger partial charge in [0.1, 0.15) is 10.7 Å². The monoisotopic (exact) mass is 427 g/mol. The second-order valence-electron chi connectivity index (χ2n) is 6.57. The number of alkyl halides is 3. The van der Waals surface area contributed by atoms with Crippen LogP contribution >= 0.6 is 11.3 Å². The summed E-state index contributed by atoms with van der Waals surface area (Å²) in [6.07, 6.45) is -3.52. The molecule has 1 aliphatic rings. The van der Waals surface area contributed by atoms with Crippen LogP contribution in [0, 0.1) is 0 Å². The summed E-state index contributed by atoms with van der Waals surface area (Å²) in [7, 11) is 0. The van der Waals surface area contributed by atoms with E-state index in [4.69, 9.17) is 4.74 Å². The van der Waals surface area contributed by atoms with Gasteiger partial charge >= 0.3 is 12.3 Å². The molecule has 10 heteroatoms. The van der Waals surface area contributed by atoms with Gasteiger partial charge in [0.05, 0.1) is 12.2 Å². The smallest absolute Gasteiger partial charge is 0.416 e. The molecule has 0 saturated carbocycles. The lowest BCUT2D eigenvalue weighted by Crippen LogP contribution is -2.49. The molecule has 3 rings (SSSR count). The van der Waals surface area contributed by atoms with Gasteiger partial charge in [-0.1, -0.05) is 12.1 Å². The molecule has 1 unspecified atom stereocenters. The van der Waals surface area contributed by atoms with Crippen LogP contribution in [-0.4, -0.2) is 47.6 Å². The van der Waals surface area contributed by atoms with Crippen molar-refractivity contribution in [2.75, 3.05) is 19.7 Å². The van der Waals surface area contributed by atoms with Gasteiger partial charge in [0, 0.05) is 30.1 Å². The van der Waals surface area contributed by atoms with Gasteiger partial charge in [-0.05, 0) is 31.9 Å². The Labute approximate surface area is 169 Å². The summed E-state index contributed by atoms with van der Waals surface area (Å²) in [5, 5.41) is 4.62. The zero-order chi connectivity index (χ0) is 21.0. The first kappa shape index (κ1) is 21.1. The average Bonchev–Trinajstić information content (AvgIpc) is 3.17. The van der Waals surface area contributed by atoms with Crippen LogP contribution in [0.5, 0.6) is 0 Å². The van der Waals surface area contributed by atoms with E-state index in [0.29, 0.717) is 30.1 Å². The Balaban J connectivity index is 1.70. The predicted molar refractivity (Wildman–Crippen MR) is 102 cm³/mol. The fourth-order valence-corrected chi connectivity index (χ4v) is 3.90. The summed E-state index contributed by atoms with van der Waals surface area (Å²) < 4.78 is 43.6. The number of nitrogens with zero attached hydrogens (tertiary/aromatic N) is 2. The van der Waals surface area contributed by atoms with Crippen molar-refractivity contribution >= 4 is 23.3 Å². The predicted octanol–water partition coefficient (Wildman–Crippen LogP) is 4.18. The highest BCUT2D eigenvalue weighted by atomic mass is 32.1. The van der Waals surface area contributed by atoms with Crippen LogP contribution in [0.3, 0.4) is 0 Å². The summed E-state index contributed by atoms with van der Waals surface area (Å²) >= 11 is 1.12. The van der Waals surface area contributed by atoms with Crippen LogP contribution < -0.4 is 5.32 Å². The van der Waals surface area contributed by atoms with E-state index in [1.807, 2.05) is 0 Å². The Morgan fingerprint density at radius 1 is 1.38 bits per heavy atom. The number of nitrogens with one attached hydrogen (secondary N) is 1. The number of carbonyl (C=O) groups is 2. The maximum Gasteiger partial charge on any atom is 0.416 e. The molecule has 0 bridgehead atoms. The van der Waals surface area contributed by atoms with Crippen molar-refractivity contribution < 1.29 is 27.5 Å². The van der Waals surface area contributed by atoms with Crippen molar-refractivity contribution in [3.63, 3.8) is 0 Å². The van der Waals surface area contributed by atoms with Gasteiger partial charge in [-0.3, -0.25) is 4.79 Å². The van der Waals surface area contributed by atoms with Crippen LogP contribution in [0.2, 0.25) is 0 Å². The third-order valence-corrected chi connectivity index (χ3v) is 5.36. The molecule has 2 heterocycles. The molecule has 1 aromatic heterocycles. The molecule has 2 aromatic rings. The van der Waals surface area contributed by atoms with Gasteiger partial charge in [0.15, 0.2) is 0 Å². The molecule has 1 fully saturated rings. The Hall–Kier alpha value is -2.62. The molecule has 1 saturated heterocycles. The molecule has 1 aromatic carbocycles. The number of piperidine rings is 1. The topological polar surface area (TPSA) is 71.5 Å². The van der Waals surface area contributed by atoms with Gasteiger partial charge in [0.25, 0.3) is 5.91 Å². The second kappa shape index (κ2) is 8.81. The van der Waals surface area contributed by atoms with Crippen molar-refractivity contribution in [3.8, 4) is 10.6 Å². The number of hydrogen-bond donors (Lipinski definition) is 1. The Kier molecular flexibility index (Phi) is 6.41. The van der Waals surface area contributed by atoms with E-state index in [9.17, 15) is 22.8 Å². The van der Waals surface area contributed by atoms with E-state index in [-0.39, 0.29) is 24.2 Å². The highest BCUT2D eigenvalue weighted by molar-refractivity contribution is 7.13. The SMILES string of the molecule is CCOC(=O)NC1CCCN(C(=O)c2csc(-c3cccc(C(F)(F)F)c3)n2)C1. The third-order valence-electron chi connectivity index (χ3n) is 4.47. The summed E-state index contributed by atoms with van der Waals surface area (Å²) in [4.78, 5) is 30.2. The number of halogens is 3. The number of rotatable bonds is 4. The van der Waals surface area contributed by atoms with Crippen molar-refractivity contribution in [1.29, 1.82) is 0 Å². The first-order valence-electron chi connectivity index (χ1n) is 9.13. The van der Waals surface area contributed by atoms with Crippen LogP contribution in [0.15, 0.2) is 29.6 Å². The molecule has 1 atom stereocenters. The Bertz CT molecular complexity index is 885. The van der Waals surface area contributed by atoms with Gasteiger partial charge in [0.2, 0.25) is 0 Å². The maximum atomic E-state index is 12.9. The van der Waals surface area contributed by atoms with E-state index < -0.39 is 17.8 Å². The fraction of sp³-hybridized carbons (Fsp3) is 0.421. The van der Waals surface area contributed by atoms with Crippen LogP contribution in [0.25, 0.3) is 10.6 Å². The van der Waals surface area contributed by atoms with Crippen LogP contribution in [0.4, 0.5) is 18.0 Å². The zero-order valence-corrected chi connectivity index (χ0v) is 16.5. The van der Waals surface area contributed by atoms with Crippen molar-refractivity contribution in [1.82, 2.24) is 15.2 Å². The standard InChI is InChI=1S/C19H20F3N3O3S/c1-2-28-18(27)23-14-7-4-8-25(10-14)17(26)15-11-29-16(24-15)12-5-3-6-13(9-12)19(20,21)22/h3,5-6,9,11,14H,2,4,7-8,10H2,1H3,(H,23,27). The minimum absolute atomic E-state index is 0.180.